The molecule has 0 aromatic heterocycles. The summed E-state index contributed by atoms with van der Waals surface area (Å²) in [4.78, 5) is 12.1. The minimum absolute atomic E-state index is 0.339. The highest BCUT2D eigenvalue weighted by atomic mass is 16.5. The van der Waals surface area contributed by atoms with Gasteiger partial charge in [-0.2, -0.15) is 5.26 Å². The Balaban J connectivity index is 2.54. The van der Waals surface area contributed by atoms with E-state index in [-0.39, 0.29) is 5.91 Å². The minimum Gasteiger partial charge on any atom is -0.495 e. The fourth-order valence-corrected chi connectivity index (χ4v) is 2.73. The van der Waals surface area contributed by atoms with Crippen LogP contribution in [0.4, 0.5) is 5.69 Å². The van der Waals surface area contributed by atoms with Crippen molar-refractivity contribution in [1.82, 2.24) is 0 Å². The smallest absolute Gasteiger partial charge is 0.241 e. The predicted octanol–water partition coefficient (Wildman–Crippen LogP) is 3.34. The number of amides is 1. The highest BCUT2D eigenvalue weighted by Crippen LogP contribution is 2.35. The number of hydrogen-bond donors (Lipinski definition) is 2. The molecule has 0 radical (unpaired) electrons. The van der Waals surface area contributed by atoms with Gasteiger partial charge in [-0.3, -0.25) is 4.79 Å². The number of allylic oxidation sites excluding steroid dienone is 1. The van der Waals surface area contributed by atoms with E-state index in [1.165, 1.54) is 13.2 Å². The van der Waals surface area contributed by atoms with Gasteiger partial charge in [-0.05, 0) is 54.8 Å². The van der Waals surface area contributed by atoms with E-state index >= 15 is 0 Å². The van der Waals surface area contributed by atoms with Crippen molar-refractivity contribution in [1.29, 1.82) is 5.26 Å². The van der Waals surface area contributed by atoms with Crippen LogP contribution in [-0.4, -0.2) is 32.8 Å². The van der Waals surface area contributed by atoms with Crippen LogP contribution < -0.4 is 25.3 Å². The summed E-state index contributed by atoms with van der Waals surface area (Å²) in [6.45, 7) is 3.96. The van der Waals surface area contributed by atoms with Gasteiger partial charge in [-0.1, -0.05) is 12.1 Å². The molecule has 7 nitrogen and oxygen atoms in total. The molecule has 2 rings (SSSR count). The highest BCUT2D eigenvalue weighted by molar-refractivity contribution is 5.96. The Hall–Kier alpha value is -3.50. The molecule has 0 spiro atoms. The molecule has 0 aliphatic carbocycles. The maximum absolute atomic E-state index is 12.1. The molecule has 0 aliphatic rings. The molecule has 29 heavy (non-hydrogen) atoms. The summed E-state index contributed by atoms with van der Waals surface area (Å²) >= 11 is 0. The van der Waals surface area contributed by atoms with Gasteiger partial charge in [0.15, 0.2) is 11.5 Å². The van der Waals surface area contributed by atoms with E-state index in [1.807, 2.05) is 25.1 Å². The van der Waals surface area contributed by atoms with Crippen LogP contribution in [0.2, 0.25) is 0 Å². The van der Waals surface area contributed by atoms with Crippen LogP contribution >= 0.6 is 0 Å². The molecule has 3 N–H and O–H groups in total. The van der Waals surface area contributed by atoms with Gasteiger partial charge < -0.3 is 25.3 Å². The topological polar surface area (TPSA) is 107 Å². The number of nitriles is 1. The van der Waals surface area contributed by atoms with Gasteiger partial charge in [0, 0.05) is 6.08 Å². The van der Waals surface area contributed by atoms with Gasteiger partial charge in [0.1, 0.15) is 5.75 Å². The summed E-state index contributed by atoms with van der Waals surface area (Å²) in [5, 5.41) is 12.1. The maximum Gasteiger partial charge on any atom is 0.241 e. The first-order chi connectivity index (χ1) is 13.9. The van der Waals surface area contributed by atoms with Crippen molar-refractivity contribution in [2.24, 2.45) is 5.73 Å². The molecule has 1 atom stereocenters. The first kappa shape index (κ1) is 21.8. The number of ether oxygens (including phenoxy) is 3. The van der Waals surface area contributed by atoms with Crippen LogP contribution in [0.5, 0.6) is 17.2 Å². The number of rotatable bonds is 8. The number of nitrogens with zero attached hydrogens (tertiary/aromatic N) is 1. The zero-order chi connectivity index (χ0) is 21.4. The second kappa shape index (κ2) is 10.2. The van der Waals surface area contributed by atoms with Crippen LogP contribution in [0.1, 0.15) is 25.0 Å². The molecule has 0 aliphatic heterocycles. The Bertz CT molecular complexity index is 946. The number of methoxy groups -OCH3 is 2. The lowest BCUT2D eigenvalue weighted by Gasteiger charge is -2.16. The van der Waals surface area contributed by atoms with E-state index in [1.54, 1.807) is 32.2 Å². The quantitative estimate of drug-likeness (QED) is 0.664. The van der Waals surface area contributed by atoms with Crippen molar-refractivity contribution in [3.8, 4) is 23.3 Å². The maximum atomic E-state index is 12.1. The summed E-state index contributed by atoms with van der Waals surface area (Å²) in [6.07, 6.45) is 1.44. The number of benzene rings is 2. The molecule has 2 aromatic rings. The van der Waals surface area contributed by atoms with Crippen molar-refractivity contribution >= 4 is 17.2 Å². The van der Waals surface area contributed by atoms with Crippen molar-refractivity contribution in [2.45, 2.75) is 19.9 Å². The third-order valence-corrected chi connectivity index (χ3v) is 4.17. The molecule has 0 saturated heterocycles. The number of anilines is 1. The SMILES string of the molecule is CCOc1cc(/C(=C/C#N)c2ccc(OC)c(NC(=O)[C@H](C)N)c2)ccc1OC. The van der Waals surface area contributed by atoms with E-state index in [0.29, 0.717) is 35.1 Å². The number of carbonyl (C=O) groups excluding carboxylic acids is 1. The molecule has 0 heterocycles. The normalized spacial score (nSPS) is 11.9. The molecule has 0 saturated carbocycles. The minimum atomic E-state index is -0.673. The number of nitrogens with one attached hydrogen (secondary N) is 1. The largest absolute Gasteiger partial charge is 0.495 e. The standard InChI is InChI=1S/C22H25N3O4/c1-5-29-21-13-16(7-9-20(21)28-4)17(10-11-23)15-6-8-19(27-3)18(12-15)25-22(26)14(2)24/h6-10,12-14H,5,24H2,1-4H3,(H,25,26)/b17-10+/t14-/m0/s1. The Labute approximate surface area is 170 Å². The van der Waals surface area contributed by atoms with Gasteiger partial charge in [0.05, 0.1) is 38.6 Å². The van der Waals surface area contributed by atoms with Crippen molar-refractivity contribution in [3.63, 3.8) is 0 Å². The van der Waals surface area contributed by atoms with Crippen LogP contribution in [0.15, 0.2) is 42.5 Å². The first-order valence-electron chi connectivity index (χ1n) is 9.11. The second-order valence-electron chi connectivity index (χ2n) is 6.18. The van der Waals surface area contributed by atoms with Gasteiger partial charge in [-0.25, -0.2) is 0 Å². The summed E-state index contributed by atoms with van der Waals surface area (Å²) in [5.74, 6) is 1.33. The van der Waals surface area contributed by atoms with Crippen molar-refractivity contribution < 1.29 is 19.0 Å². The lowest BCUT2D eigenvalue weighted by Crippen LogP contribution is -2.32. The average Bonchev–Trinajstić information content (AvgIpc) is 2.72. The molecular weight excluding hydrogens is 370 g/mol. The van der Waals surface area contributed by atoms with Gasteiger partial charge >= 0.3 is 0 Å². The fraction of sp³-hybridized carbons (Fsp3) is 0.273. The monoisotopic (exact) mass is 395 g/mol. The van der Waals surface area contributed by atoms with Crippen LogP contribution in [0.3, 0.4) is 0 Å². The Morgan fingerprint density at radius 2 is 1.76 bits per heavy atom. The predicted molar refractivity (Wildman–Crippen MR) is 112 cm³/mol. The molecule has 0 unspecified atom stereocenters. The number of hydrogen-bond acceptors (Lipinski definition) is 6. The lowest BCUT2D eigenvalue weighted by molar-refractivity contribution is -0.117. The molecule has 2 aromatic carbocycles. The summed E-state index contributed by atoms with van der Waals surface area (Å²) in [5.41, 5.74) is 8.27. The second-order valence-corrected chi connectivity index (χ2v) is 6.18. The van der Waals surface area contributed by atoms with Crippen LogP contribution in [0, 0.1) is 11.3 Å². The zero-order valence-electron chi connectivity index (χ0n) is 17.0. The lowest BCUT2D eigenvalue weighted by atomic mass is 9.96. The molecule has 1 amide bonds. The Kier molecular flexibility index (Phi) is 7.63. The summed E-state index contributed by atoms with van der Waals surface area (Å²) in [6, 6.07) is 12.1. The summed E-state index contributed by atoms with van der Waals surface area (Å²) < 4.78 is 16.3. The van der Waals surface area contributed by atoms with Gasteiger partial charge in [0.25, 0.3) is 0 Å². The molecule has 152 valence electrons. The molecule has 0 bridgehead atoms. The summed E-state index contributed by atoms with van der Waals surface area (Å²) in [7, 11) is 3.08. The third-order valence-electron chi connectivity index (χ3n) is 4.17. The first-order valence-corrected chi connectivity index (χ1v) is 9.11. The number of nitrogens with two attached hydrogens (primary N) is 1. The molecule has 0 fully saturated rings. The fourth-order valence-electron chi connectivity index (χ4n) is 2.73. The Morgan fingerprint density at radius 3 is 2.31 bits per heavy atom. The van der Waals surface area contributed by atoms with E-state index in [2.05, 4.69) is 11.4 Å². The van der Waals surface area contributed by atoms with E-state index < -0.39 is 6.04 Å². The van der Waals surface area contributed by atoms with E-state index in [9.17, 15) is 10.1 Å². The molecular formula is C22H25N3O4. The van der Waals surface area contributed by atoms with E-state index in [0.717, 1.165) is 11.1 Å². The number of carbonyl (C=O) groups is 1. The molecule has 7 heteroatoms. The van der Waals surface area contributed by atoms with Crippen molar-refractivity contribution in [2.75, 3.05) is 26.1 Å². The van der Waals surface area contributed by atoms with Gasteiger partial charge in [0.2, 0.25) is 5.91 Å². The Morgan fingerprint density at radius 1 is 1.14 bits per heavy atom. The van der Waals surface area contributed by atoms with E-state index in [4.69, 9.17) is 19.9 Å². The average molecular weight is 395 g/mol. The van der Waals surface area contributed by atoms with Crippen molar-refractivity contribution in [3.05, 3.63) is 53.6 Å². The zero-order valence-corrected chi connectivity index (χ0v) is 17.0. The van der Waals surface area contributed by atoms with Gasteiger partial charge in [-0.15, -0.1) is 0 Å². The third kappa shape index (κ3) is 5.27. The highest BCUT2D eigenvalue weighted by Gasteiger charge is 2.15. The van der Waals surface area contributed by atoms with Crippen LogP contribution in [0.25, 0.3) is 5.57 Å². The van der Waals surface area contributed by atoms with Crippen LogP contribution in [-0.2, 0) is 4.79 Å².